The minimum Gasteiger partial charge on any atom is -0.465 e. The van der Waals surface area contributed by atoms with Crippen molar-refractivity contribution >= 4 is 23.3 Å². The number of anilines is 1. The largest absolute Gasteiger partial charge is 0.465 e. The van der Waals surface area contributed by atoms with Crippen LogP contribution < -0.4 is 5.73 Å². The molecule has 0 radical (unpaired) electrons. The lowest BCUT2D eigenvalue weighted by Crippen LogP contribution is -2.01. The quantitative estimate of drug-likeness (QED) is 0.628. The summed E-state index contributed by atoms with van der Waals surface area (Å²) in [5.74, 6) is 4.96. The first-order chi connectivity index (χ1) is 7.63. The summed E-state index contributed by atoms with van der Waals surface area (Å²) >= 11 is 5.68. The smallest absolute Gasteiger partial charge is 0.317 e. The summed E-state index contributed by atoms with van der Waals surface area (Å²) in [5.41, 5.74) is 6.43. The Morgan fingerprint density at radius 1 is 1.69 bits per heavy atom. The van der Waals surface area contributed by atoms with Gasteiger partial charge in [-0.15, -0.1) is 0 Å². The van der Waals surface area contributed by atoms with Crippen LogP contribution in [0.2, 0.25) is 5.02 Å². The van der Waals surface area contributed by atoms with Crippen molar-refractivity contribution in [3.8, 4) is 11.8 Å². The Morgan fingerprint density at radius 3 is 3.06 bits per heavy atom. The number of nitrogen functional groups attached to an aromatic ring is 1. The van der Waals surface area contributed by atoms with Crippen molar-refractivity contribution in [3.63, 3.8) is 0 Å². The predicted octanol–water partition coefficient (Wildman–Crippen LogP) is 1.62. The summed E-state index contributed by atoms with van der Waals surface area (Å²) in [4.78, 5) is 14.9. The number of halogens is 1. The number of carbonyl (C=O) groups excluding carboxylic acids is 1. The van der Waals surface area contributed by atoms with E-state index >= 15 is 0 Å². The van der Waals surface area contributed by atoms with E-state index in [9.17, 15) is 4.79 Å². The number of hydrogen-bond acceptors (Lipinski definition) is 4. The van der Waals surface area contributed by atoms with Gasteiger partial charge in [0.15, 0.2) is 0 Å². The molecule has 0 aromatic carbocycles. The standard InChI is InChI=1S/C11H11ClN2O2/c1-2-16-11(15)5-3-4-10-9(13)6-8(12)7-14-10/h6-7H,2,5,13H2,1H3. The van der Waals surface area contributed by atoms with Crippen LogP contribution in [-0.4, -0.2) is 17.6 Å². The molecule has 0 saturated heterocycles. The molecule has 5 heteroatoms. The molecule has 0 bridgehead atoms. The van der Waals surface area contributed by atoms with E-state index in [2.05, 4.69) is 16.8 Å². The number of nitrogens with zero attached hydrogens (tertiary/aromatic N) is 1. The zero-order valence-corrected chi connectivity index (χ0v) is 9.54. The lowest BCUT2D eigenvalue weighted by Gasteiger charge is -1.97. The van der Waals surface area contributed by atoms with Gasteiger partial charge in [-0.1, -0.05) is 17.5 Å². The van der Waals surface area contributed by atoms with Gasteiger partial charge in [0.05, 0.1) is 17.3 Å². The Kier molecular flexibility index (Phi) is 4.62. The number of esters is 1. The van der Waals surface area contributed by atoms with Crippen LogP contribution in [0.15, 0.2) is 12.3 Å². The van der Waals surface area contributed by atoms with Gasteiger partial charge in [0.1, 0.15) is 12.1 Å². The van der Waals surface area contributed by atoms with Crippen molar-refractivity contribution in [2.24, 2.45) is 0 Å². The van der Waals surface area contributed by atoms with E-state index in [1.165, 1.54) is 6.20 Å². The van der Waals surface area contributed by atoms with E-state index in [1.807, 2.05) is 0 Å². The summed E-state index contributed by atoms with van der Waals surface area (Å²) < 4.78 is 4.71. The molecule has 2 N–H and O–H groups in total. The number of nitrogens with two attached hydrogens (primary N) is 1. The van der Waals surface area contributed by atoms with Crippen LogP contribution in [0, 0.1) is 11.8 Å². The van der Waals surface area contributed by atoms with Crippen LogP contribution in [0.4, 0.5) is 5.69 Å². The predicted molar refractivity (Wildman–Crippen MR) is 61.8 cm³/mol. The maximum absolute atomic E-state index is 11.0. The number of aromatic nitrogens is 1. The van der Waals surface area contributed by atoms with Gasteiger partial charge in [-0.05, 0) is 18.9 Å². The Labute approximate surface area is 98.8 Å². The summed E-state index contributed by atoms with van der Waals surface area (Å²) in [7, 11) is 0. The number of hydrogen-bond donors (Lipinski definition) is 1. The second-order valence-corrected chi connectivity index (χ2v) is 3.31. The SMILES string of the molecule is CCOC(=O)CC#Cc1ncc(Cl)cc1N. The highest BCUT2D eigenvalue weighted by atomic mass is 35.5. The van der Waals surface area contributed by atoms with E-state index < -0.39 is 0 Å². The highest BCUT2D eigenvalue weighted by Crippen LogP contribution is 2.13. The van der Waals surface area contributed by atoms with E-state index in [-0.39, 0.29) is 12.4 Å². The van der Waals surface area contributed by atoms with Crippen molar-refractivity contribution < 1.29 is 9.53 Å². The van der Waals surface area contributed by atoms with Gasteiger partial charge in [0.25, 0.3) is 0 Å². The van der Waals surface area contributed by atoms with Crippen molar-refractivity contribution in [2.75, 3.05) is 12.3 Å². The van der Waals surface area contributed by atoms with Gasteiger partial charge in [0.2, 0.25) is 0 Å². The van der Waals surface area contributed by atoms with Crippen molar-refractivity contribution in [1.29, 1.82) is 0 Å². The number of pyridine rings is 1. The monoisotopic (exact) mass is 238 g/mol. The van der Waals surface area contributed by atoms with Crippen molar-refractivity contribution in [3.05, 3.63) is 23.0 Å². The molecule has 0 saturated carbocycles. The van der Waals surface area contributed by atoms with Gasteiger partial charge in [0, 0.05) is 6.20 Å². The molecule has 0 atom stereocenters. The molecule has 1 heterocycles. The summed E-state index contributed by atoms with van der Waals surface area (Å²) in [6.45, 7) is 2.09. The van der Waals surface area contributed by atoms with Gasteiger partial charge in [-0.2, -0.15) is 0 Å². The molecular formula is C11H11ClN2O2. The molecule has 0 aliphatic heterocycles. The van der Waals surface area contributed by atoms with Crippen molar-refractivity contribution in [1.82, 2.24) is 4.98 Å². The molecular weight excluding hydrogens is 228 g/mol. The van der Waals surface area contributed by atoms with Crippen LogP contribution in [0.5, 0.6) is 0 Å². The fraction of sp³-hybridized carbons (Fsp3) is 0.273. The molecule has 1 rings (SSSR count). The molecule has 0 aliphatic rings. The van der Waals surface area contributed by atoms with Crippen LogP contribution in [0.25, 0.3) is 0 Å². The summed E-state index contributed by atoms with van der Waals surface area (Å²) in [5, 5.41) is 0.452. The Balaban J connectivity index is 2.66. The highest BCUT2D eigenvalue weighted by Gasteiger charge is 1.99. The van der Waals surface area contributed by atoms with E-state index in [0.717, 1.165) is 0 Å². The second kappa shape index (κ2) is 5.99. The van der Waals surface area contributed by atoms with Gasteiger partial charge in [-0.3, -0.25) is 4.79 Å². The molecule has 4 nitrogen and oxygen atoms in total. The highest BCUT2D eigenvalue weighted by molar-refractivity contribution is 6.30. The minimum absolute atomic E-state index is 0.0254. The summed E-state index contributed by atoms with van der Waals surface area (Å²) in [6, 6.07) is 1.56. The molecule has 0 unspecified atom stereocenters. The van der Waals surface area contributed by atoms with Crippen LogP contribution >= 0.6 is 11.6 Å². The Bertz CT molecular complexity index is 449. The molecule has 1 aromatic rings. The third-order valence-electron chi connectivity index (χ3n) is 1.63. The normalized spacial score (nSPS) is 9.12. The van der Waals surface area contributed by atoms with E-state index in [4.69, 9.17) is 22.1 Å². The minimum atomic E-state index is -0.359. The third-order valence-corrected chi connectivity index (χ3v) is 1.84. The Hall–Kier alpha value is -1.73. The first-order valence-corrected chi connectivity index (χ1v) is 5.06. The van der Waals surface area contributed by atoms with Crippen LogP contribution in [-0.2, 0) is 9.53 Å². The lowest BCUT2D eigenvalue weighted by molar-refractivity contribution is -0.141. The maximum atomic E-state index is 11.0. The number of rotatable bonds is 2. The zero-order valence-electron chi connectivity index (χ0n) is 8.79. The number of carbonyl (C=O) groups is 1. The lowest BCUT2D eigenvalue weighted by atomic mass is 10.3. The molecule has 0 aliphatic carbocycles. The first kappa shape index (κ1) is 12.3. The van der Waals surface area contributed by atoms with Gasteiger partial charge >= 0.3 is 5.97 Å². The average molecular weight is 239 g/mol. The number of ether oxygens (including phenoxy) is 1. The van der Waals surface area contributed by atoms with E-state index in [1.54, 1.807) is 13.0 Å². The molecule has 1 aromatic heterocycles. The topological polar surface area (TPSA) is 65.2 Å². The molecule has 0 fully saturated rings. The first-order valence-electron chi connectivity index (χ1n) is 4.69. The zero-order chi connectivity index (χ0) is 12.0. The maximum Gasteiger partial charge on any atom is 0.317 e. The fourth-order valence-corrected chi connectivity index (χ4v) is 1.14. The second-order valence-electron chi connectivity index (χ2n) is 2.87. The third kappa shape index (κ3) is 3.79. The Morgan fingerprint density at radius 2 is 2.44 bits per heavy atom. The van der Waals surface area contributed by atoms with Crippen LogP contribution in [0.3, 0.4) is 0 Å². The van der Waals surface area contributed by atoms with E-state index in [0.29, 0.717) is 23.0 Å². The fourth-order valence-electron chi connectivity index (χ4n) is 0.971. The molecule has 84 valence electrons. The van der Waals surface area contributed by atoms with Gasteiger partial charge < -0.3 is 10.5 Å². The summed E-state index contributed by atoms with van der Waals surface area (Å²) in [6.07, 6.45) is 1.48. The molecule has 16 heavy (non-hydrogen) atoms. The molecule has 0 spiro atoms. The van der Waals surface area contributed by atoms with Crippen molar-refractivity contribution in [2.45, 2.75) is 13.3 Å². The van der Waals surface area contributed by atoms with Gasteiger partial charge in [-0.25, -0.2) is 4.98 Å². The molecule has 0 amide bonds. The van der Waals surface area contributed by atoms with Crippen LogP contribution in [0.1, 0.15) is 19.0 Å². The average Bonchev–Trinajstić information content (AvgIpc) is 2.22.